The molecular formula is C17H20N2O3. The van der Waals surface area contributed by atoms with Gasteiger partial charge in [0.05, 0.1) is 12.3 Å². The van der Waals surface area contributed by atoms with Gasteiger partial charge in [0.15, 0.2) is 0 Å². The van der Waals surface area contributed by atoms with E-state index in [0.717, 1.165) is 12.8 Å². The van der Waals surface area contributed by atoms with E-state index in [9.17, 15) is 14.8 Å². The van der Waals surface area contributed by atoms with Gasteiger partial charge in [-0.1, -0.05) is 42.4 Å². The molecule has 5 heteroatoms. The average Bonchev–Trinajstić information content (AvgIpc) is 2.82. The van der Waals surface area contributed by atoms with E-state index in [2.05, 4.69) is 24.2 Å². The van der Waals surface area contributed by atoms with Gasteiger partial charge >= 0.3 is 0 Å². The largest absolute Gasteiger partial charge is 0.411 e. The summed E-state index contributed by atoms with van der Waals surface area (Å²) in [4.78, 5) is 24.6. The van der Waals surface area contributed by atoms with Gasteiger partial charge in [-0.05, 0) is 23.8 Å². The standard InChI is InChI=1S/C17H20N2O3/c1-17(13-5-3-2-4-6-13)9-12(10-17)14(18-22)11-19-15(20)7-8-16(19)21/h2-6,12,22H,7-11H2,1H3. The summed E-state index contributed by atoms with van der Waals surface area (Å²) in [5.41, 5.74) is 1.88. The van der Waals surface area contributed by atoms with Crippen LogP contribution in [-0.4, -0.2) is 34.2 Å². The molecule has 3 rings (SSSR count). The lowest BCUT2D eigenvalue weighted by atomic mass is 9.58. The zero-order chi connectivity index (χ0) is 15.7. The normalized spacial score (nSPS) is 28.9. The molecule has 2 amide bonds. The highest BCUT2D eigenvalue weighted by molar-refractivity contribution is 6.05. The van der Waals surface area contributed by atoms with Crippen molar-refractivity contribution in [2.75, 3.05) is 6.54 Å². The van der Waals surface area contributed by atoms with E-state index in [-0.39, 0.29) is 42.5 Å². The van der Waals surface area contributed by atoms with Crippen molar-refractivity contribution >= 4 is 17.5 Å². The minimum Gasteiger partial charge on any atom is -0.411 e. The van der Waals surface area contributed by atoms with Crippen LogP contribution in [0.4, 0.5) is 0 Å². The lowest BCUT2D eigenvalue weighted by molar-refractivity contribution is -0.137. The van der Waals surface area contributed by atoms with Gasteiger partial charge in [-0.15, -0.1) is 0 Å². The molecular weight excluding hydrogens is 280 g/mol. The SMILES string of the molecule is CC1(c2ccccc2)CC(C(CN2C(=O)CCC2=O)=NO)C1. The Morgan fingerprint density at radius 1 is 1.23 bits per heavy atom. The molecule has 0 bridgehead atoms. The second-order valence-electron chi connectivity index (χ2n) is 6.50. The van der Waals surface area contributed by atoms with E-state index in [0.29, 0.717) is 5.71 Å². The topological polar surface area (TPSA) is 70.0 Å². The fourth-order valence-corrected chi connectivity index (χ4v) is 3.54. The zero-order valence-corrected chi connectivity index (χ0v) is 12.7. The lowest BCUT2D eigenvalue weighted by Gasteiger charge is -2.46. The Morgan fingerprint density at radius 3 is 2.36 bits per heavy atom. The fourth-order valence-electron chi connectivity index (χ4n) is 3.54. The number of likely N-dealkylation sites (tertiary alicyclic amines) is 1. The molecule has 0 radical (unpaired) electrons. The average molecular weight is 300 g/mol. The summed E-state index contributed by atoms with van der Waals surface area (Å²) < 4.78 is 0. The molecule has 22 heavy (non-hydrogen) atoms. The molecule has 1 saturated carbocycles. The molecule has 1 N–H and O–H groups in total. The molecule has 1 heterocycles. The highest BCUT2D eigenvalue weighted by atomic mass is 16.4. The number of hydrogen-bond acceptors (Lipinski definition) is 4. The Kier molecular flexibility index (Phi) is 3.72. The van der Waals surface area contributed by atoms with E-state index in [1.807, 2.05) is 18.2 Å². The molecule has 116 valence electrons. The summed E-state index contributed by atoms with van der Waals surface area (Å²) in [6, 6.07) is 10.3. The molecule has 5 nitrogen and oxygen atoms in total. The predicted molar refractivity (Wildman–Crippen MR) is 81.7 cm³/mol. The second-order valence-corrected chi connectivity index (χ2v) is 6.50. The summed E-state index contributed by atoms with van der Waals surface area (Å²) in [7, 11) is 0. The van der Waals surface area contributed by atoms with Gasteiger partial charge in [-0.25, -0.2) is 0 Å². The van der Waals surface area contributed by atoms with Crippen LogP contribution in [0.25, 0.3) is 0 Å². The third-order valence-corrected chi connectivity index (χ3v) is 4.94. The Labute approximate surface area is 129 Å². The van der Waals surface area contributed by atoms with Crippen molar-refractivity contribution in [1.82, 2.24) is 4.90 Å². The molecule has 1 aromatic rings. The minimum atomic E-state index is -0.170. The third-order valence-electron chi connectivity index (χ3n) is 4.94. The summed E-state index contributed by atoms with van der Waals surface area (Å²) in [5.74, 6) is -0.219. The van der Waals surface area contributed by atoms with Gasteiger partial charge in [0, 0.05) is 18.8 Å². The Balaban J connectivity index is 1.66. The van der Waals surface area contributed by atoms with Crippen molar-refractivity contribution in [3.05, 3.63) is 35.9 Å². The minimum absolute atomic E-state index is 0.0703. The van der Waals surface area contributed by atoms with Crippen LogP contribution in [0.15, 0.2) is 35.5 Å². The van der Waals surface area contributed by atoms with E-state index in [1.54, 1.807) is 0 Å². The number of nitrogens with zero attached hydrogens (tertiary/aromatic N) is 2. The van der Waals surface area contributed by atoms with E-state index < -0.39 is 0 Å². The maximum absolute atomic E-state index is 11.7. The molecule has 0 spiro atoms. The molecule has 1 aliphatic heterocycles. The molecule has 1 saturated heterocycles. The van der Waals surface area contributed by atoms with Crippen LogP contribution in [-0.2, 0) is 15.0 Å². The van der Waals surface area contributed by atoms with Crippen molar-refractivity contribution in [3.8, 4) is 0 Å². The molecule has 0 atom stereocenters. The van der Waals surface area contributed by atoms with E-state index in [1.165, 1.54) is 10.5 Å². The van der Waals surface area contributed by atoms with Crippen LogP contribution >= 0.6 is 0 Å². The monoisotopic (exact) mass is 300 g/mol. The fraction of sp³-hybridized carbons (Fsp3) is 0.471. The van der Waals surface area contributed by atoms with Gasteiger partial charge < -0.3 is 5.21 Å². The molecule has 2 aliphatic rings. The quantitative estimate of drug-likeness (QED) is 0.401. The number of hydrogen-bond donors (Lipinski definition) is 1. The summed E-state index contributed by atoms with van der Waals surface area (Å²) in [5, 5.41) is 12.6. The van der Waals surface area contributed by atoms with Crippen LogP contribution in [0.5, 0.6) is 0 Å². The molecule has 1 aliphatic carbocycles. The second kappa shape index (κ2) is 5.55. The summed E-state index contributed by atoms with van der Waals surface area (Å²) >= 11 is 0. The summed E-state index contributed by atoms with van der Waals surface area (Å²) in [6.45, 7) is 2.32. The van der Waals surface area contributed by atoms with Crippen LogP contribution in [0.1, 0.15) is 38.2 Å². The Bertz CT molecular complexity index is 602. The van der Waals surface area contributed by atoms with E-state index >= 15 is 0 Å². The highest BCUT2D eigenvalue weighted by Crippen LogP contribution is 2.48. The number of carbonyl (C=O) groups excluding carboxylic acids is 2. The Hall–Kier alpha value is -2.17. The van der Waals surface area contributed by atoms with Gasteiger partial charge in [0.1, 0.15) is 0 Å². The van der Waals surface area contributed by atoms with Crippen molar-refractivity contribution < 1.29 is 14.8 Å². The van der Waals surface area contributed by atoms with Gasteiger partial charge in [0.2, 0.25) is 11.8 Å². The van der Waals surface area contributed by atoms with Crippen LogP contribution in [0.3, 0.4) is 0 Å². The van der Waals surface area contributed by atoms with Gasteiger partial charge in [-0.2, -0.15) is 0 Å². The number of imide groups is 1. The maximum Gasteiger partial charge on any atom is 0.230 e. The van der Waals surface area contributed by atoms with Gasteiger partial charge in [-0.3, -0.25) is 14.5 Å². The first kappa shape index (κ1) is 14.8. The number of benzene rings is 1. The number of rotatable bonds is 4. The maximum atomic E-state index is 11.7. The first-order valence-electron chi connectivity index (χ1n) is 7.63. The number of carbonyl (C=O) groups is 2. The van der Waals surface area contributed by atoms with Gasteiger partial charge in [0.25, 0.3) is 0 Å². The Morgan fingerprint density at radius 2 is 1.82 bits per heavy atom. The van der Waals surface area contributed by atoms with E-state index in [4.69, 9.17) is 0 Å². The first-order chi connectivity index (χ1) is 10.5. The molecule has 2 fully saturated rings. The summed E-state index contributed by atoms with van der Waals surface area (Å²) in [6.07, 6.45) is 2.27. The number of amides is 2. The smallest absolute Gasteiger partial charge is 0.230 e. The van der Waals surface area contributed by atoms with Crippen LogP contribution in [0.2, 0.25) is 0 Å². The predicted octanol–water partition coefficient (Wildman–Crippen LogP) is 2.33. The van der Waals surface area contributed by atoms with Crippen LogP contribution in [0, 0.1) is 5.92 Å². The first-order valence-corrected chi connectivity index (χ1v) is 7.63. The van der Waals surface area contributed by atoms with Crippen molar-refractivity contribution in [2.24, 2.45) is 11.1 Å². The zero-order valence-electron chi connectivity index (χ0n) is 12.7. The molecule has 0 aromatic heterocycles. The van der Waals surface area contributed by atoms with Crippen LogP contribution < -0.4 is 0 Å². The van der Waals surface area contributed by atoms with Crippen molar-refractivity contribution in [3.63, 3.8) is 0 Å². The van der Waals surface area contributed by atoms with Crippen molar-refractivity contribution in [1.29, 1.82) is 0 Å². The lowest BCUT2D eigenvalue weighted by Crippen LogP contribution is -2.46. The highest BCUT2D eigenvalue weighted by Gasteiger charge is 2.45. The molecule has 1 aromatic carbocycles. The number of oxime groups is 1. The third kappa shape index (κ3) is 2.51. The van der Waals surface area contributed by atoms with Crippen molar-refractivity contribution in [2.45, 2.75) is 38.0 Å². The molecule has 0 unspecified atom stereocenters.